The van der Waals surface area contributed by atoms with E-state index in [0.29, 0.717) is 24.0 Å². The van der Waals surface area contributed by atoms with Crippen LogP contribution in [0.3, 0.4) is 0 Å². The van der Waals surface area contributed by atoms with Crippen LogP contribution in [0.2, 0.25) is 0 Å². The summed E-state index contributed by atoms with van der Waals surface area (Å²) in [6.45, 7) is 2.83. The van der Waals surface area contributed by atoms with Crippen molar-refractivity contribution in [2.24, 2.45) is 11.7 Å². The van der Waals surface area contributed by atoms with Gasteiger partial charge in [0.1, 0.15) is 0 Å². The number of para-hydroxylation sites is 1. The molecule has 3 N–H and O–H groups in total. The molecule has 1 aliphatic heterocycles. The molecule has 1 saturated heterocycles. The van der Waals surface area contributed by atoms with E-state index in [1.807, 2.05) is 37.3 Å². The number of carbonyl (C=O) groups is 2. The lowest BCUT2D eigenvalue weighted by molar-refractivity contribution is -0.123. The molecule has 0 spiro atoms. The Balaban J connectivity index is 1.72. The average molecular weight is 389 g/mol. The fourth-order valence-electron chi connectivity index (χ4n) is 4.04. The number of nitrogens with one attached hydrogen (secondary N) is 1. The number of benzene rings is 2. The summed E-state index contributed by atoms with van der Waals surface area (Å²) in [6.07, 6.45) is 1.49. The van der Waals surface area contributed by atoms with Crippen molar-refractivity contribution in [2.75, 3.05) is 13.1 Å². The minimum atomic E-state index is -0.355. The minimum Gasteiger partial charge on any atom is -0.369 e. The number of aryl methyl sites for hydroxylation is 1. The highest BCUT2D eigenvalue weighted by Crippen LogP contribution is 2.28. The normalized spacial score (nSPS) is 16.7. The van der Waals surface area contributed by atoms with Gasteiger partial charge in [-0.15, -0.1) is 0 Å². The van der Waals surface area contributed by atoms with E-state index in [2.05, 4.69) is 4.98 Å². The second-order valence-corrected chi connectivity index (χ2v) is 7.62. The van der Waals surface area contributed by atoms with Crippen molar-refractivity contribution in [1.82, 2.24) is 9.88 Å². The van der Waals surface area contributed by atoms with Crippen LogP contribution < -0.4 is 11.2 Å². The van der Waals surface area contributed by atoms with Crippen LogP contribution in [-0.4, -0.2) is 34.8 Å². The van der Waals surface area contributed by atoms with Crippen molar-refractivity contribution in [3.8, 4) is 11.1 Å². The van der Waals surface area contributed by atoms with Gasteiger partial charge in [-0.1, -0.05) is 24.3 Å². The maximum absolute atomic E-state index is 13.0. The third kappa shape index (κ3) is 3.66. The van der Waals surface area contributed by atoms with Gasteiger partial charge in [0, 0.05) is 41.4 Å². The highest BCUT2D eigenvalue weighted by atomic mass is 16.2. The Morgan fingerprint density at radius 1 is 1.14 bits per heavy atom. The third-order valence-electron chi connectivity index (χ3n) is 5.53. The van der Waals surface area contributed by atoms with Gasteiger partial charge < -0.3 is 15.6 Å². The maximum Gasteiger partial charge on any atom is 0.253 e. The van der Waals surface area contributed by atoms with E-state index in [4.69, 9.17) is 5.73 Å². The Bertz CT molecular complexity index is 1170. The van der Waals surface area contributed by atoms with E-state index in [9.17, 15) is 14.4 Å². The fraction of sp³-hybridized carbons (Fsp3) is 0.261. The van der Waals surface area contributed by atoms with Crippen molar-refractivity contribution in [3.05, 3.63) is 70.0 Å². The standard InChI is InChI=1S/C23H23N3O3/c1-14-11-20(27)19-9-3-8-18(21(19)25-14)15-5-2-6-16(12-15)23(29)26-10-4-7-17(13-26)22(24)28/h2-3,5-6,8-9,11-12,17H,4,7,10,13H2,1H3,(H2,24,28)(H,25,27)/t17-/m1/s1. The van der Waals surface area contributed by atoms with Gasteiger partial charge in [0.2, 0.25) is 5.91 Å². The van der Waals surface area contributed by atoms with Crippen LogP contribution in [0.25, 0.3) is 22.0 Å². The molecule has 1 aliphatic rings. The summed E-state index contributed by atoms with van der Waals surface area (Å²) in [5.74, 6) is -0.754. The van der Waals surface area contributed by atoms with Crippen LogP contribution in [-0.2, 0) is 4.79 Å². The molecule has 6 nitrogen and oxygen atoms in total. The monoisotopic (exact) mass is 389 g/mol. The third-order valence-corrected chi connectivity index (χ3v) is 5.53. The summed E-state index contributed by atoms with van der Waals surface area (Å²) < 4.78 is 0. The number of likely N-dealkylation sites (tertiary alicyclic amines) is 1. The molecule has 2 aromatic carbocycles. The molecular formula is C23H23N3O3. The quantitative estimate of drug-likeness (QED) is 0.721. The van der Waals surface area contributed by atoms with Crippen molar-refractivity contribution in [1.29, 1.82) is 0 Å². The number of nitrogens with two attached hydrogens (primary N) is 1. The van der Waals surface area contributed by atoms with Crippen molar-refractivity contribution in [3.63, 3.8) is 0 Å². The number of piperidine rings is 1. The summed E-state index contributed by atoms with van der Waals surface area (Å²) in [7, 11) is 0. The zero-order valence-electron chi connectivity index (χ0n) is 16.3. The fourth-order valence-corrected chi connectivity index (χ4v) is 4.04. The number of pyridine rings is 1. The molecule has 29 heavy (non-hydrogen) atoms. The number of H-pyrrole nitrogens is 1. The first-order valence-corrected chi connectivity index (χ1v) is 9.76. The molecule has 4 rings (SSSR count). The second kappa shape index (κ2) is 7.54. The van der Waals surface area contributed by atoms with Gasteiger partial charge in [-0.2, -0.15) is 0 Å². The SMILES string of the molecule is Cc1cc(=O)c2cccc(-c3cccc(C(=O)N4CCC[C@@H](C(N)=O)C4)c3)c2[nH]1. The van der Waals surface area contributed by atoms with E-state index in [-0.39, 0.29) is 23.2 Å². The van der Waals surface area contributed by atoms with Crippen LogP contribution >= 0.6 is 0 Å². The number of hydrogen-bond acceptors (Lipinski definition) is 3. The minimum absolute atomic E-state index is 0.0314. The van der Waals surface area contributed by atoms with Gasteiger partial charge >= 0.3 is 0 Å². The Hall–Kier alpha value is -3.41. The maximum atomic E-state index is 13.0. The zero-order valence-corrected chi connectivity index (χ0v) is 16.3. The summed E-state index contributed by atoms with van der Waals surface area (Å²) in [4.78, 5) is 41.9. The van der Waals surface area contributed by atoms with E-state index in [0.717, 1.165) is 35.2 Å². The lowest BCUT2D eigenvalue weighted by Gasteiger charge is -2.31. The molecular weight excluding hydrogens is 366 g/mol. The molecule has 1 fully saturated rings. The van der Waals surface area contributed by atoms with Gasteiger partial charge in [-0.05, 0) is 43.5 Å². The Kier molecular flexibility index (Phi) is 4.92. The van der Waals surface area contributed by atoms with Crippen LogP contribution in [0.1, 0.15) is 28.9 Å². The number of hydrogen-bond donors (Lipinski definition) is 2. The van der Waals surface area contributed by atoms with Crippen molar-refractivity contribution < 1.29 is 9.59 Å². The average Bonchev–Trinajstić information content (AvgIpc) is 2.73. The molecule has 6 heteroatoms. The first-order chi connectivity index (χ1) is 13.9. The largest absolute Gasteiger partial charge is 0.369 e. The first kappa shape index (κ1) is 18.9. The smallest absolute Gasteiger partial charge is 0.253 e. The summed E-state index contributed by atoms with van der Waals surface area (Å²) in [6, 6.07) is 14.5. The molecule has 3 aromatic rings. The zero-order chi connectivity index (χ0) is 20.5. The van der Waals surface area contributed by atoms with Gasteiger partial charge in [-0.25, -0.2) is 0 Å². The van der Waals surface area contributed by atoms with Gasteiger partial charge in [0.25, 0.3) is 5.91 Å². The lowest BCUT2D eigenvalue weighted by atomic mass is 9.96. The number of rotatable bonds is 3. The van der Waals surface area contributed by atoms with Crippen LogP contribution in [0.5, 0.6) is 0 Å². The van der Waals surface area contributed by atoms with Crippen molar-refractivity contribution >= 4 is 22.7 Å². The van der Waals surface area contributed by atoms with E-state index < -0.39 is 0 Å². The first-order valence-electron chi connectivity index (χ1n) is 9.76. The molecule has 0 aliphatic carbocycles. The molecule has 0 saturated carbocycles. The topological polar surface area (TPSA) is 96.3 Å². The van der Waals surface area contributed by atoms with E-state index in [1.165, 1.54) is 0 Å². The van der Waals surface area contributed by atoms with Gasteiger partial charge in [0.05, 0.1) is 11.4 Å². The summed E-state index contributed by atoms with van der Waals surface area (Å²) in [5.41, 5.74) is 9.23. The Labute approximate surface area is 168 Å². The van der Waals surface area contributed by atoms with Gasteiger partial charge in [-0.3, -0.25) is 14.4 Å². The summed E-state index contributed by atoms with van der Waals surface area (Å²) in [5, 5.41) is 0.616. The summed E-state index contributed by atoms with van der Waals surface area (Å²) >= 11 is 0. The molecule has 2 amide bonds. The Morgan fingerprint density at radius 2 is 1.93 bits per heavy atom. The number of primary amides is 1. The number of nitrogens with zero attached hydrogens (tertiary/aromatic N) is 1. The second-order valence-electron chi connectivity index (χ2n) is 7.62. The van der Waals surface area contributed by atoms with Crippen LogP contribution in [0.4, 0.5) is 0 Å². The van der Waals surface area contributed by atoms with Gasteiger partial charge in [0.15, 0.2) is 5.43 Å². The van der Waals surface area contributed by atoms with E-state index >= 15 is 0 Å². The molecule has 0 unspecified atom stereocenters. The number of aromatic amines is 1. The molecule has 2 heterocycles. The molecule has 0 radical (unpaired) electrons. The number of amides is 2. The highest BCUT2D eigenvalue weighted by Gasteiger charge is 2.27. The van der Waals surface area contributed by atoms with Crippen molar-refractivity contribution in [2.45, 2.75) is 19.8 Å². The lowest BCUT2D eigenvalue weighted by Crippen LogP contribution is -2.44. The molecule has 1 atom stereocenters. The predicted octanol–water partition coefficient (Wildman–Crippen LogP) is 2.84. The van der Waals surface area contributed by atoms with Crippen LogP contribution in [0, 0.1) is 12.8 Å². The Morgan fingerprint density at radius 3 is 2.72 bits per heavy atom. The highest BCUT2D eigenvalue weighted by molar-refractivity contribution is 5.98. The number of carbonyl (C=O) groups excluding carboxylic acids is 2. The van der Waals surface area contributed by atoms with Crippen LogP contribution in [0.15, 0.2) is 53.3 Å². The number of aromatic nitrogens is 1. The number of fused-ring (bicyclic) bond motifs is 1. The van der Waals surface area contributed by atoms with E-state index in [1.54, 1.807) is 23.1 Å². The predicted molar refractivity (Wildman–Crippen MR) is 113 cm³/mol. The molecule has 148 valence electrons. The molecule has 0 bridgehead atoms. The molecule has 1 aromatic heterocycles.